The number of rotatable bonds is 4. The number of fused-ring (bicyclic) bond motifs is 2. The van der Waals surface area contributed by atoms with Gasteiger partial charge in [-0.2, -0.15) is 0 Å². The highest BCUT2D eigenvalue weighted by Gasteiger charge is 2.36. The van der Waals surface area contributed by atoms with Gasteiger partial charge in [0.05, 0.1) is 10.7 Å². The number of para-hydroxylation sites is 1. The lowest BCUT2D eigenvalue weighted by atomic mass is 9.76. The van der Waals surface area contributed by atoms with Crippen LogP contribution in [-0.2, 0) is 17.6 Å². The van der Waals surface area contributed by atoms with Gasteiger partial charge in [0.25, 0.3) is 6.02 Å². The molecule has 1 aliphatic carbocycles. The van der Waals surface area contributed by atoms with Gasteiger partial charge in [0.15, 0.2) is 0 Å². The molecule has 6 rings (SSSR count). The number of aryl methyl sites for hydroxylation is 1. The number of carbonyl (C=O) groups is 1. The number of piperidine rings is 2. The number of amidine groups is 1. The van der Waals surface area contributed by atoms with Crippen LogP contribution in [0.5, 0.6) is 5.75 Å². The Bertz CT molecular complexity index is 1450. The molecule has 2 aromatic carbocycles. The van der Waals surface area contributed by atoms with Crippen LogP contribution in [0.2, 0.25) is 5.02 Å². The van der Waals surface area contributed by atoms with E-state index in [-0.39, 0.29) is 17.8 Å². The summed E-state index contributed by atoms with van der Waals surface area (Å²) in [7, 11) is 0. The fourth-order valence-corrected chi connectivity index (χ4v) is 7.99. The molecule has 220 valence electrons. The Balaban J connectivity index is 1.07. The monoisotopic (exact) mass is 712 g/mol. The highest BCUT2D eigenvalue weighted by molar-refractivity contribution is 9.10. The van der Waals surface area contributed by atoms with Crippen LogP contribution in [0, 0.1) is 17.2 Å². The Morgan fingerprint density at radius 1 is 0.976 bits per heavy atom. The minimum absolute atomic E-state index is 0.186. The van der Waals surface area contributed by atoms with Crippen molar-refractivity contribution in [1.82, 2.24) is 14.8 Å². The summed E-state index contributed by atoms with van der Waals surface area (Å²) in [5.74, 6) is 1.89. The van der Waals surface area contributed by atoms with Crippen LogP contribution >= 0.6 is 43.5 Å². The number of carbonyl (C=O) groups excluding carboxylic acids is 1. The topological polar surface area (TPSA) is 69.5 Å². The molecule has 0 saturated carbocycles. The number of hydrogen-bond donors (Lipinski definition) is 1. The van der Waals surface area contributed by atoms with E-state index in [2.05, 4.69) is 48.9 Å². The van der Waals surface area contributed by atoms with Gasteiger partial charge in [-0.15, -0.1) is 0 Å². The van der Waals surface area contributed by atoms with Gasteiger partial charge in [-0.25, -0.2) is 0 Å². The first-order valence-corrected chi connectivity index (χ1v) is 16.8. The van der Waals surface area contributed by atoms with E-state index in [0.717, 1.165) is 78.7 Å². The first kappa shape index (κ1) is 29.6. The van der Waals surface area contributed by atoms with Crippen LogP contribution in [-0.4, -0.2) is 52.9 Å². The molecule has 2 saturated heterocycles. The molecular formula is C33H35Br2ClN4O2. The van der Waals surface area contributed by atoms with Crippen molar-refractivity contribution in [1.29, 1.82) is 5.41 Å². The third kappa shape index (κ3) is 6.41. The predicted octanol–water partition coefficient (Wildman–Crippen LogP) is 7.84. The van der Waals surface area contributed by atoms with Gasteiger partial charge < -0.3 is 14.5 Å². The Morgan fingerprint density at radius 2 is 1.69 bits per heavy atom. The van der Waals surface area contributed by atoms with E-state index in [4.69, 9.17) is 26.7 Å². The average Bonchev–Trinajstić information content (AvgIpc) is 3.17. The third-order valence-corrected chi connectivity index (χ3v) is 11.0. The molecule has 1 atom stereocenters. The fourth-order valence-electron chi connectivity index (χ4n) is 6.87. The van der Waals surface area contributed by atoms with Crippen molar-refractivity contribution >= 4 is 55.4 Å². The van der Waals surface area contributed by atoms with Gasteiger partial charge in [0.1, 0.15) is 5.75 Å². The van der Waals surface area contributed by atoms with E-state index in [1.807, 2.05) is 47.5 Å². The van der Waals surface area contributed by atoms with E-state index in [1.165, 1.54) is 22.4 Å². The second-order valence-corrected chi connectivity index (χ2v) is 13.8. The summed E-state index contributed by atoms with van der Waals surface area (Å²) in [5.41, 5.74) is 5.07. The summed E-state index contributed by atoms with van der Waals surface area (Å²) in [4.78, 5) is 22.4. The summed E-state index contributed by atoms with van der Waals surface area (Å²) in [5, 5.41) is 9.09. The summed E-state index contributed by atoms with van der Waals surface area (Å²) < 4.78 is 7.72. The van der Waals surface area contributed by atoms with E-state index >= 15 is 0 Å². The van der Waals surface area contributed by atoms with Crippen LogP contribution < -0.4 is 4.74 Å². The zero-order chi connectivity index (χ0) is 29.2. The van der Waals surface area contributed by atoms with Crippen LogP contribution in [0.3, 0.4) is 0 Å². The van der Waals surface area contributed by atoms with Crippen molar-refractivity contribution in [3.63, 3.8) is 0 Å². The number of amides is 1. The van der Waals surface area contributed by atoms with Crippen molar-refractivity contribution in [3.8, 4) is 5.75 Å². The first-order valence-electron chi connectivity index (χ1n) is 14.8. The zero-order valence-corrected chi connectivity index (χ0v) is 27.4. The Hall–Kier alpha value is -2.42. The Labute approximate surface area is 269 Å². The van der Waals surface area contributed by atoms with Crippen LogP contribution in [0.1, 0.15) is 60.4 Å². The van der Waals surface area contributed by atoms with Crippen LogP contribution in [0.15, 0.2) is 63.7 Å². The quantitative estimate of drug-likeness (QED) is 0.221. The number of aromatic nitrogens is 1. The molecule has 1 N–H and O–H groups in total. The summed E-state index contributed by atoms with van der Waals surface area (Å²) >= 11 is 13.9. The second-order valence-electron chi connectivity index (χ2n) is 11.7. The highest BCUT2D eigenvalue weighted by Crippen LogP contribution is 2.45. The number of pyridine rings is 1. The van der Waals surface area contributed by atoms with E-state index < -0.39 is 0 Å². The van der Waals surface area contributed by atoms with Crippen LogP contribution in [0.4, 0.5) is 0 Å². The number of ether oxygens (including phenoxy) is 1. The largest absolute Gasteiger partial charge is 0.426 e. The SMILES string of the molecule is N=C(Oc1ccccc1)N1CCC(CC(=O)N2CCC(C3c4ccc(Cl)c(Br)c4CCc4cc(Br)cnc43)CC2)CC1. The van der Waals surface area contributed by atoms with Crippen LogP contribution in [0.25, 0.3) is 0 Å². The van der Waals surface area contributed by atoms with Gasteiger partial charge in [0, 0.05) is 53.7 Å². The minimum Gasteiger partial charge on any atom is -0.426 e. The molecule has 3 aliphatic rings. The van der Waals surface area contributed by atoms with Gasteiger partial charge in [-0.3, -0.25) is 15.2 Å². The lowest BCUT2D eigenvalue weighted by molar-refractivity contribution is -0.134. The van der Waals surface area contributed by atoms with Crippen molar-refractivity contribution < 1.29 is 9.53 Å². The van der Waals surface area contributed by atoms with Crippen molar-refractivity contribution in [2.45, 2.75) is 50.9 Å². The van der Waals surface area contributed by atoms with Crippen molar-refractivity contribution in [2.75, 3.05) is 26.2 Å². The molecule has 0 radical (unpaired) electrons. The molecule has 1 aromatic heterocycles. The van der Waals surface area contributed by atoms with Gasteiger partial charge in [-0.1, -0.05) is 35.9 Å². The second kappa shape index (κ2) is 13.1. The molecule has 3 aromatic rings. The van der Waals surface area contributed by atoms with E-state index in [0.29, 0.717) is 24.0 Å². The standard InChI is InChI=1S/C33H35Br2ClN4O2/c34-24-19-23-6-7-27-26(8-9-28(36)31(27)35)30(32(23)38-20-24)22-12-16-39(17-13-22)29(41)18-21-10-14-40(15-11-21)33(37)42-25-4-2-1-3-5-25/h1-5,8-9,19-22,30,37H,6-7,10-18H2. The number of benzene rings is 2. The molecular weight excluding hydrogens is 680 g/mol. The Morgan fingerprint density at radius 3 is 2.43 bits per heavy atom. The zero-order valence-electron chi connectivity index (χ0n) is 23.5. The molecule has 2 fully saturated rings. The maximum Gasteiger partial charge on any atom is 0.289 e. The molecule has 1 amide bonds. The molecule has 1 unspecified atom stereocenters. The summed E-state index contributed by atoms with van der Waals surface area (Å²) in [6.07, 6.45) is 8.07. The molecule has 6 nitrogen and oxygen atoms in total. The average molecular weight is 715 g/mol. The van der Waals surface area contributed by atoms with Crippen molar-refractivity contribution in [2.24, 2.45) is 11.8 Å². The van der Waals surface area contributed by atoms with Gasteiger partial charge in [-0.05, 0) is 123 Å². The number of nitrogens with one attached hydrogen (secondary N) is 1. The summed E-state index contributed by atoms with van der Waals surface area (Å²) in [6.45, 7) is 3.05. The number of halogens is 3. The molecule has 0 bridgehead atoms. The molecule has 42 heavy (non-hydrogen) atoms. The van der Waals surface area contributed by atoms with E-state index in [9.17, 15) is 4.79 Å². The Kier molecular flexibility index (Phi) is 9.22. The van der Waals surface area contributed by atoms with Crippen molar-refractivity contribution in [3.05, 3.63) is 91.1 Å². The maximum absolute atomic E-state index is 13.4. The first-order chi connectivity index (χ1) is 20.4. The highest BCUT2D eigenvalue weighted by atomic mass is 79.9. The van der Waals surface area contributed by atoms with E-state index in [1.54, 1.807) is 0 Å². The number of hydrogen-bond acceptors (Lipinski definition) is 4. The predicted molar refractivity (Wildman–Crippen MR) is 173 cm³/mol. The molecule has 9 heteroatoms. The fraction of sp³-hybridized carbons (Fsp3) is 0.424. The molecule has 2 aliphatic heterocycles. The molecule has 0 spiro atoms. The normalized spacial score (nSPS) is 19.5. The molecule has 3 heterocycles. The van der Waals surface area contributed by atoms with Gasteiger partial charge >= 0.3 is 0 Å². The van der Waals surface area contributed by atoms with Gasteiger partial charge in [0.2, 0.25) is 5.91 Å². The maximum atomic E-state index is 13.4. The lowest BCUT2D eigenvalue weighted by Crippen LogP contribution is -2.43. The minimum atomic E-state index is 0.186. The summed E-state index contributed by atoms with van der Waals surface area (Å²) in [6, 6.07) is 16.1. The third-order valence-electron chi connectivity index (χ3n) is 9.16. The number of likely N-dealkylation sites (tertiary alicyclic amines) is 2. The smallest absolute Gasteiger partial charge is 0.289 e. The number of nitrogens with zero attached hydrogens (tertiary/aromatic N) is 3. The lowest BCUT2D eigenvalue weighted by Gasteiger charge is -2.38.